The van der Waals surface area contributed by atoms with Crippen LogP contribution in [0.2, 0.25) is 0 Å². The summed E-state index contributed by atoms with van der Waals surface area (Å²) in [6.07, 6.45) is 16.3. The largest absolute Gasteiger partial charge is 1.00 e. The van der Waals surface area contributed by atoms with Crippen LogP contribution >= 0.6 is 0 Å². The van der Waals surface area contributed by atoms with Crippen LogP contribution in [0.5, 0.6) is 0 Å². The van der Waals surface area contributed by atoms with Crippen molar-refractivity contribution in [3.8, 4) is 0 Å². The van der Waals surface area contributed by atoms with Crippen LogP contribution in [0.15, 0.2) is 34.5 Å². The number of β-amino-alcohol motifs (C(OH)–C–C–N with tert-alkyl or cyclic N) is 1. The molecule has 94 heavy (non-hydrogen) atoms. The Bertz CT molecular complexity index is 2310. The van der Waals surface area contributed by atoms with Crippen molar-refractivity contribution in [3.63, 3.8) is 0 Å². The van der Waals surface area contributed by atoms with Gasteiger partial charge in [0.25, 0.3) is 12.2 Å². The molecule has 0 aromatic heterocycles. The van der Waals surface area contributed by atoms with Gasteiger partial charge in [-0.05, 0) is 176 Å². The molecule has 9 rings (SSSR count). The van der Waals surface area contributed by atoms with Gasteiger partial charge in [-0.25, -0.2) is 4.79 Å². The molecule has 7 aliphatic carbocycles. The summed E-state index contributed by atoms with van der Waals surface area (Å²) in [6.45, 7) is 1.11. The number of aliphatic hydroxyl groups excluding tert-OH is 7. The van der Waals surface area contributed by atoms with Gasteiger partial charge in [0.2, 0.25) is 0 Å². The fourth-order valence-electron chi connectivity index (χ4n) is 11.0. The minimum atomic E-state index is -1.09. The van der Waals surface area contributed by atoms with E-state index < -0.39 is 35.0 Å². The first-order chi connectivity index (χ1) is 43.7. The van der Waals surface area contributed by atoms with Gasteiger partial charge in [0, 0.05) is 78.9 Å². The van der Waals surface area contributed by atoms with Gasteiger partial charge in [0.1, 0.15) is 6.04 Å². The van der Waals surface area contributed by atoms with E-state index in [9.17, 15) is 38.9 Å². The second-order valence-electron chi connectivity index (χ2n) is 23.2. The topological polar surface area (TPSA) is 586 Å². The molecule has 0 bridgehead atoms. The second kappa shape index (κ2) is 56.3. The first-order valence-corrected chi connectivity index (χ1v) is 30.5. The number of nitrogens with zero attached hydrogens (tertiary/aromatic N) is 7. The number of aromatic carboxylic acids is 1. The molecule has 1 aromatic rings. The van der Waals surface area contributed by atoms with E-state index in [0.29, 0.717) is 94.5 Å². The number of methoxy groups -OCH3 is 3. The number of hydrogen-bond acceptors (Lipinski definition) is 26. The summed E-state index contributed by atoms with van der Waals surface area (Å²) in [6, 6.07) is 5.02. The molecule has 1 unspecified atom stereocenters. The Kier molecular flexibility index (Phi) is 56.6. The Labute approximate surface area is 632 Å². The molecule has 0 amide bonds. The first-order valence-electron chi connectivity index (χ1n) is 30.5. The van der Waals surface area contributed by atoms with Gasteiger partial charge in [0.05, 0.1) is 79.9 Å². The molecule has 36 heteroatoms. The summed E-state index contributed by atoms with van der Waals surface area (Å²) in [4.78, 5) is 89.6. The predicted octanol–water partition coefficient (Wildman–Crippen LogP) is -3.18. The normalized spacial score (nSPS) is 28.4. The van der Waals surface area contributed by atoms with Gasteiger partial charge >= 0.3 is 139 Å². The van der Waals surface area contributed by atoms with Crippen molar-refractivity contribution in [2.24, 2.45) is 63.1 Å². The van der Waals surface area contributed by atoms with Gasteiger partial charge in [0.15, 0.2) is 0 Å². The van der Waals surface area contributed by atoms with Crippen LogP contribution < -0.4 is 125 Å². The summed E-state index contributed by atoms with van der Waals surface area (Å²) < 4.78 is 13.7. The number of nitro groups is 1. The third kappa shape index (κ3) is 42.9. The van der Waals surface area contributed by atoms with Crippen LogP contribution in [0.4, 0.5) is 5.69 Å². The Balaban J connectivity index is -0.000000486. The summed E-state index contributed by atoms with van der Waals surface area (Å²) in [5.74, 6) is -2.39. The number of ether oxygens (including phenoxy) is 3. The van der Waals surface area contributed by atoms with Crippen molar-refractivity contribution in [3.05, 3.63) is 60.8 Å². The minimum Gasteiger partial charge on any atom is -1.00 e. The van der Waals surface area contributed by atoms with Crippen LogP contribution in [0.3, 0.4) is 0 Å². The van der Waals surface area contributed by atoms with E-state index >= 15 is 0 Å². The third-order valence-electron chi connectivity index (χ3n) is 16.2. The minimum absolute atomic E-state index is 0. The molecule has 16 atom stereocenters. The van der Waals surface area contributed by atoms with E-state index in [4.69, 9.17) is 83.6 Å². The molecular weight excluding hydrogens is 1300 g/mol. The van der Waals surface area contributed by atoms with Crippen molar-refractivity contribution in [1.82, 2.24) is 5.32 Å². The number of nitrogens with one attached hydrogen (secondary N) is 1. The number of hydrogen-bond donors (Lipinski definition) is 13. The number of non-ortho nitro benzene ring substituents is 1. The monoisotopic (exact) mass is 1400 g/mol. The summed E-state index contributed by atoms with van der Waals surface area (Å²) in [5, 5.41) is 115. The van der Waals surface area contributed by atoms with E-state index in [-0.39, 0.29) is 201 Å². The Hall–Kier alpha value is -3.64. The number of esters is 3. The predicted molar refractivity (Wildman–Crippen MR) is 325 cm³/mol. The van der Waals surface area contributed by atoms with Crippen molar-refractivity contribution >= 4 is 48.0 Å². The maximum absolute atomic E-state index is 11.0. The number of benzene rings is 1. The molecule has 15 N–H and O–H groups in total. The SMILES string of the molecule is COC(=O)[C@@H]1CCC(O)C1.COC(=O)[C@@H]1CC[C@H](N=[N+]=[N-])C1.COC(=O)[C@@H]1CC[C@H](O)C1.N[C@H]1CC[C@@H](CO)C1.N[C@H]1CC[C@@H](CO)C1.O=C(O)[C@@H]1CC[C@H](O)C1.O=C(O)[C@H]1C[C@@H](O)CN1.O=C(O)c1ccc([N+](=O)[O-])cc1.O=CO[O-].[H-].[K+].[K+].[N-]=[N+]=N[C@H]1CC[C@@H](CO)C1. The first kappa shape index (κ1) is 94.5. The molecule has 0 radical (unpaired) electrons. The zero-order valence-electron chi connectivity index (χ0n) is 55.5. The van der Waals surface area contributed by atoms with Crippen LogP contribution in [0.1, 0.15) is 153 Å². The standard InChI is InChI=1S/C7H11N3O2.C7H5NO4.2C7H12O3.C6H11N3O.2C6H13NO.C6H10O3.C5H9NO3.CH2O3.2K.H/c1-12-7(11)5-2-3-6(4-5)9-10-8;9-7(10)5-1-3-6(4-2-5)8(11)12;2*1-10-7(9)5-2-3-6(8)4-5;7-9-8-6-2-1-5(3-6)4-10;2*7-6-2-1-5(3-6)4-8;7-5-2-1-4(3-5)6(8)9;7-3-1-4(5(8)9)6-2-3;2-1-4-3;;;/h5-6H,2-4H2,1H3;1-4H,(H,9,10);2*5-6,8H,2-4H2,1H3;5-6,10H,1-4H2;2*5-6,8H,1-4,7H2;4-5,7H,1-3H2,(H,8,9);3-4,6-7H,1-2H2,(H,8,9);1,3H;;;/q;;;;;;;;;;2*+1;-1/p-1/t5-,6+;;5-,6?;4*5-,6+;4-,5+;3-,4-;;;;/m1.1111111..../s1. The third-order valence-corrected chi connectivity index (χ3v) is 16.2. The van der Waals surface area contributed by atoms with Crippen molar-refractivity contribution in [1.29, 1.82) is 0 Å². The molecule has 34 nitrogen and oxygen atoms in total. The number of carbonyl (C=O) groups excluding carboxylic acids is 4. The smallest absolute Gasteiger partial charge is 1.00 e. The van der Waals surface area contributed by atoms with E-state index in [1.165, 1.54) is 33.5 Å². The van der Waals surface area contributed by atoms with Gasteiger partial charge in [-0.2, -0.15) is 0 Å². The van der Waals surface area contributed by atoms with E-state index in [1.807, 2.05) is 0 Å². The number of carboxylic acid groups (broad SMARTS) is 3. The number of nitrogens with two attached hydrogens (primary N) is 2. The van der Waals surface area contributed by atoms with Crippen LogP contribution in [0, 0.1) is 51.5 Å². The Morgan fingerprint density at radius 3 is 1.18 bits per heavy atom. The van der Waals surface area contributed by atoms with Crippen LogP contribution in [-0.2, 0) is 47.9 Å². The molecule has 8 aliphatic rings. The molecule has 7 saturated carbocycles. The molecular formula is C58H98K2N10O24. The van der Waals surface area contributed by atoms with Gasteiger partial charge < -0.3 is 93.6 Å². The molecule has 0 spiro atoms. The molecule has 8 fully saturated rings. The molecule has 526 valence electrons. The Morgan fingerprint density at radius 2 is 0.936 bits per heavy atom. The maximum atomic E-state index is 11.0. The van der Waals surface area contributed by atoms with E-state index in [0.717, 1.165) is 108 Å². The van der Waals surface area contributed by atoms with Crippen molar-refractivity contribution in [2.75, 3.05) is 47.7 Å². The summed E-state index contributed by atoms with van der Waals surface area (Å²) >= 11 is 0. The summed E-state index contributed by atoms with van der Waals surface area (Å²) in [5.41, 5.74) is 27.3. The van der Waals surface area contributed by atoms with E-state index in [1.54, 1.807) is 0 Å². The number of carbonyl (C=O) groups is 7. The molecule has 1 aromatic carbocycles. The number of aliphatic hydroxyl groups is 7. The quantitative estimate of drug-likeness (QED) is 0.00885. The van der Waals surface area contributed by atoms with Crippen LogP contribution in [0.25, 0.3) is 20.9 Å². The van der Waals surface area contributed by atoms with E-state index in [2.05, 4.69) is 44.5 Å². The Morgan fingerprint density at radius 1 is 0.574 bits per heavy atom. The van der Waals surface area contributed by atoms with Crippen molar-refractivity contribution < 1.29 is 218 Å². The van der Waals surface area contributed by atoms with Gasteiger partial charge in [-0.15, -0.1) is 0 Å². The molecule has 1 saturated heterocycles. The van der Waals surface area contributed by atoms with Gasteiger partial charge in [-0.3, -0.25) is 38.9 Å². The fourth-order valence-corrected chi connectivity index (χ4v) is 11.0. The number of aliphatic carboxylic acids is 2. The number of carboxylic acids is 3. The zero-order chi connectivity index (χ0) is 69.7. The van der Waals surface area contributed by atoms with Crippen LogP contribution in [-0.4, -0.2) is 201 Å². The number of nitro benzene ring substituents is 1. The van der Waals surface area contributed by atoms with Gasteiger partial charge in [-0.1, -0.05) is 10.2 Å². The second-order valence-corrected chi connectivity index (χ2v) is 23.2. The average Bonchev–Trinajstić information content (AvgIpc) is 2.12. The molecule has 1 aliphatic heterocycles. The maximum Gasteiger partial charge on any atom is 1.00 e. The fraction of sp³-hybridized carbons (Fsp3) is 0.776. The molecule has 1 heterocycles. The summed E-state index contributed by atoms with van der Waals surface area (Å²) in [7, 11) is 4.14. The van der Waals surface area contributed by atoms with Crippen molar-refractivity contribution in [2.45, 2.75) is 196 Å². The zero-order valence-corrected chi connectivity index (χ0v) is 60.7. The number of rotatable bonds is 13. The number of azide groups is 2. The average molecular weight is 1400 g/mol.